The van der Waals surface area contributed by atoms with E-state index in [4.69, 9.17) is 4.52 Å². The fourth-order valence-electron chi connectivity index (χ4n) is 4.55. The molecule has 5 rings (SSSR count). The number of piperazine rings is 1. The molecule has 162 valence electrons. The summed E-state index contributed by atoms with van der Waals surface area (Å²) in [5.74, 6) is 0.281. The highest BCUT2D eigenvalue weighted by Crippen LogP contribution is 2.48. The number of aromatic nitrogens is 1. The van der Waals surface area contributed by atoms with Crippen molar-refractivity contribution in [2.24, 2.45) is 0 Å². The first-order valence-electron chi connectivity index (χ1n) is 10.7. The molecule has 31 heavy (non-hydrogen) atoms. The Hall–Kier alpha value is -2.97. The van der Waals surface area contributed by atoms with Crippen molar-refractivity contribution in [1.29, 1.82) is 0 Å². The normalized spacial score (nSPS) is 26.8. The molecule has 1 aromatic heterocycles. The van der Waals surface area contributed by atoms with Gasteiger partial charge in [-0.25, -0.2) is 4.39 Å². The van der Waals surface area contributed by atoms with Gasteiger partial charge in [-0.3, -0.25) is 4.79 Å². The molecule has 1 aromatic carbocycles. The molecule has 3 aliphatic rings. The van der Waals surface area contributed by atoms with Gasteiger partial charge in [0.15, 0.2) is 11.6 Å². The Morgan fingerprint density at radius 3 is 2.65 bits per heavy atom. The van der Waals surface area contributed by atoms with Crippen LogP contribution in [0, 0.1) is 0 Å². The second-order valence-corrected chi connectivity index (χ2v) is 8.09. The number of halogens is 1. The number of nitrogens with one attached hydrogen (secondary N) is 1. The number of anilines is 1. The lowest BCUT2D eigenvalue weighted by molar-refractivity contribution is -0.128. The molecular weight excluding hydrogens is 399 g/mol. The van der Waals surface area contributed by atoms with E-state index in [1.54, 1.807) is 18.2 Å². The maximum absolute atomic E-state index is 17.0. The minimum absolute atomic E-state index is 0.0963. The molecular formula is C23H25FN4O3. The van der Waals surface area contributed by atoms with E-state index < -0.39 is 11.8 Å². The van der Waals surface area contributed by atoms with Crippen LogP contribution in [0.25, 0.3) is 5.57 Å². The van der Waals surface area contributed by atoms with Crippen LogP contribution in [0.15, 0.2) is 58.8 Å². The minimum atomic E-state index is -2.43. The molecule has 2 unspecified atom stereocenters. The van der Waals surface area contributed by atoms with Gasteiger partial charge in [0.2, 0.25) is 11.6 Å². The van der Waals surface area contributed by atoms with Crippen LogP contribution in [-0.2, 0) is 10.5 Å². The average Bonchev–Trinajstić information content (AvgIpc) is 3.47. The van der Waals surface area contributed by atoms with E-state index in [9.17, 15) is 9.90 Å². The Labute approximate surface area is 179 Å². The van der Waals surface area contributed by atoms with Gasteiger partial charge in [-0.2, -0.15) is 0 Å². The number of carbonyl (C=O) groups is 1. The van der Waals surface area contributed by atoms with Crippen molar-refractivity contribution in [3.63, 3.8) is 0 Å². The summed E-state index contributed by atoms with van der Waals surface area (Å²) in [5, 5.41) is 18.7. The van der Waals surface area contributed by atoms with Gasteiger partial charge < -0.3 is 24.7 Å². The van der Waals surface area contributed by atoms with Gasteiger partial charge >= 0.3 is 0 Å². The molecule has 0 bridgehead atoms. The predicted octanol–water partition coefficient (Wildman–Crippen LogP) is 2.21. The van der Waals surface area contributed by atoms with Crippen LogP contribution < -0.4 is 10.2 Å². The summed E-state index contributed by atoms with van der Waals surface area (Å²) in [6.07, 6.45) is 2.74. The van der Waals surface area contributed by atoms with Gasteiger partial charge in [0.1, 0.15) is 6.10 Å². The summed E-state index contributed by atoms with van der Waals surface area (Å²) in [6, 6.07) is 10.7. The van der Waals surface area contributed by atoms with Crippen LogP contribution in [0.2, 0.25) is 0 Å². The van der Waals surface area contributed by atoms with E-state index in [2.05, 4.69) is 10.5 Å². The summed E-state index contributed by atoms with van der Waals surface area (Å²) >= 11 is 0. The van der Waals surface area contributed by atoms with Gasteiger partial charge in [0.05, 0.1) is 5.70 Å². The molecule has 1 amide bonds. The second-order valence-electron chi connectivity index (χ2n) is 8.09. The largest absolute Gasteiger partial charge is 0.384 e. The second kappa shape index (κ2) is 7.94. The molecule has 0 saturated carbocycles. The molecule has 1 aliphatic carbocycles. The number of aliphatic hydroxyl groups is 1. The fourth-order valence-corrected chi connectivity index (χ4v) is 4.55. The van der Waals surface area contributed by atoms with Crippen LogP contribution in [0.5, 0.6) is 0 Å². The molecule has 7 nitrogen and oxygen atoms in total. The third kappa shape index (κ3) is 3.36. The monoisotopic (exact) mass is 424 g/mol. The highest BCUT2D eigenvalue weighted by Gasteiger charge is 2.54. The summed E-state index contributed by atoms with van der Waals surface area (Å²) < 4.78 is 22.5. The third-order valence-electron chi connectivity index (χ3n) is 6.23. The Morgan fingerprint density at radius 2 is 1.94 bits per heavy atom. The maximum atomic E-state index is 17.0. The van der Waals surface area contributed by atoms with Crippen molar-refractivity contribution in [2.45, 2.75) is 24.6 Å². The Morgan fingerprint density at radius 1 is 1.16 bits per heavy atom. The van der Waals surface area contributed by atoms with Crippen LogP contribution in [0.1, 0.15) is 24.2 Å². The van der Waals surface area contributed by atoms with Gasteiger partial charge in [-0.1, -0.05) is 41.6 Å². The molecule has 2 fully saturated rings. The number of rotatable bonds is 4. The predicted molar refractivity (Wildman–Crippen MR) is 114 cm³/mol. The van der Waals surface area contributed by atoms with Crippen molar-refractivity contribution in [2.75, 3.05) is 37.6 Å². The van der Waals surface area contributed by atoms with E-state index in [0.29, 0.717) is 36.3 Å². The Balaban J connectivity index is 1.58. The number of hydrogen-bond acceptors (Lipinski definition) is 6. The lowest BCUT2D eigenvalue weighted by Crippen LogP contribution is -2.46. The Bertz CT molecular complexity index is 1030. The van der Waals surface area contributed by atoms with E-state index in [-0.39, 0.29) is 17.4 Å². The molecule has 2 saturated heterocycles. The van der Waals surface area contributed by atoms with Crippen molar-refractivity contribution in [3.05, 3.63) is 65.6 Å². The number of benzene rings is 1. The number of hydrogen-bond donors (Lipinski definition) is 2. The smallest absolute Gasteiger partial charge is 0.240 e. The van der Waals surface area contributed by atoms with Gasteiger partial charge in [-0.05, 0) is 23.6 Å². The van der Waals surface area contributed by atoms with Crippen molar-refractivity contribution in [1.82, 2.24) is 15.4 Å². The van der Waals surface area contributed by atoms with Crippen LogP contribution in [-0.4, -0.2) is 59.9 Å². The quantitative estimate of drug-likeness (QED) is 0.783. The van der Waals surface area contributed by atoms with E-state index in [1.807, 2.05) is 35.2 Å². The standard InChI is InChI=1S/C23H25FN4O3/c24-23(19-15-20(26-31-19)27-13-10-25-11-14-27)18(28-12-4-7-21(28)29)9-8-17(22(23)30)16-5-2-1-3-6-16/h1-3,5-6,8-9,15,22,25,30H,4,7,10-14H2. The minimum Gasteiger partial charge on any atom is -0.384 e. The summed E-state index contributed by atoms with van der Waals surface area (Å²) in [6.45, 7) is 3.49. The first kappa shape index (κ1) is 20.0. The van der Waals surface area contributed by atoms with E-state index >= 15 is 4.39 Å². The molecule has 0 radical (unpaired) electrons. The zero-order valence-electron chi connectivity index (χ0n) is 17.1. The molecule has 8 heteroatoms. The number of allylic oxidation sites excluding steroid dienone is 2. The van der Waals surface area contributed by atoms with Crippen LogP contribution >= 0.6 is 0 Å². The number of alkyl halides is 1. The van der Waals surface area contributed by atoms with Crippen molar-refractivity contribution in [3.8, 4) is 0 Å². The summed E-state index contributed by atoms with van der Waals surface area (Å²) in [4.78, 5) is 15.9. The maximum Gasteiger partial charge on any atom is 0.240 e. The summed E-state index contributed by atoms with van der Waals surface area (Å²) in [7, 11) is 0. The van der Waals surface area contributed by atoms with E-state index in [1.165, 1.54) is 4.90 Å². The Kier molecular flexibility index (Phi) is 5.11. The molecule has 2 aliphatic heterocycles. The van der Waals surface area contributed by atoms with Crippen LogP contribution in [0.4, 0.5) is 10.2 Å². The number of likely N-dealkylation sites (tertiary alicyclic amines) is 1. The SMILES string of the molecule is O=C1CCCN1C1=CC=C(c2ccccc2)C(O)C1(F)c1cc(N2CCNCC2)no1. The number of nitrogens with zero attached hydrogens (tertiary/aromatic N) is 3. The van der Waals surface area contributed by atoms with Gasteiger partial charge in [0.25, 0.3) is 0 Å². The molecule has 2 atom stereocenters. The zero-order chi connectivity index (χ0) is 21.4. The third-order valence-corrected chi connectivity index (χ3v) is 6.23. The topological polar surface area (TPSA) is 81.8 Å². The van der Waals surface area contributed by atoms with E-state index in [0.717, 1.165) is 26.2 Å². The molecule has 2 N–H and O–H groups in total. The lowest BCUT2D eigenvalue weighted by atomic mass is 9.80. The van der Waals surface area contributed by atoms with Crippen molar-refractivity contribution >= 4 is 17.3 Å². The molecule has 2 aromatic rings. The lowest BCUT2D eigenvalue weighted by Gasteiger charge is -2.38. The highest BCUT2D eigenvalue weighted by molar-refractivity contribution is 5.82. The first-order valence-corrected chi connectivity index (χ1v) is 10.7. The fraction of sp³-hybridized carbons (Fsp3) is 0.391. The summed E-state index contributed by atoms with van der Waals surface area (Å²) in [5.41, 5.74) is -1.19. The molecule has 0 spiro atoms. The van der Waals surface area contributed by atoms with Crippen LogP contribution in [0.3, 0.4) is 0 Å². The van der Waals surface area contributed by atoms with Gasteiger partial charge in [-0.15, -0.1) is 0 Å². The first-order chi connectivity index (χ1) is 15.1. The molecule has 3 heterocycles. The number of aliphatic hydroxyl groups excluding tert-OH is 1. The zero-order valence-corrected chi connectivity index (χ0v) is 17.1. The number of carbonyl (C=O) groups excluding carboxylic acids is 1. The van der Waals surface area contributed by atoms with Gasteiger partial charge in [0, 0.05) is 45.2 Å². The highest BCUT2D eigenvalue weighted by atomic mass is 19.1. The van der Waals surface area contributed by atoms with Crippen molar-refractivity contribution < 1.29 is 18.8 Å². The average molecular weight is 424 g/mol. The number of amides is 1.